The van der Waals surface area contributed by atoms with Crippen LogP contribution in [0.25, 0.3) is 12.2 Å². The molecule has 21 heavy (non-hydrogen) atoms. The number of allylic oxidation sites excluding steroid dienone is 2. The van der Waals surface area contributed by atoms with Crippen LogP contribution in [0.1, 0.15) is 23.6 Å². The average Bonchev–Trinajstić information content (AvgIpc) is 2.48. The SMILES string of the molecule is C/C=C\c1ccc(/C=C\Cc2ccc(F)cc2)c(N)c1N. The molecule has 0 aliphatic heterocycles. The van der Waals surface area contributed by atoms with Crippen LogP contribution in [0.2, 0.25) is 0 Å². The van der Waals surface area contributed by atoms with Gasteiger partial charge in [0.15, 0.2) is 0 Å². The highest BCUT2D eigenvalue weighted by atomic mass is 19.1. The Labute approximate surface area is 124 Å². The van der Waals surface area contributed by atoms with Gasteiger partial charge >= 0.3 is 0 Å². The second-order valence-electron chi connectivity index (χ2n) is 4.80. The summed E-state index contributed by atoms with van der Waals surface area (Å²) >= 11 is 0. The summed E-state index contributed by atoms with van der Waals surface area (Å²) in [6.07, 6.45) is 8.51. The van der Waals surface area contributed by atoms with Gasteiger partial charge < -0.3 is 11.5 Å². The molecule has 0 aromatic heterocycles. The van der Waals surface area contributed by atoms with Crippen molar-refractivity contribution in [2.24, 2.45) is 0 Å². The molecular weight excluding hydrogens is 263 g/mol. The summed E-state index contributed by atoms with van der Waals surface area (Å²) in [6, 6.07) is 10.4. The van der Waals surface area contributed by atoms with Crippen molar-refractivity contribution in [1.82, 2.24) is 0 Å². The van der Waals surface area contributed by atoms with Gasteiger partial charge in [-0.1, -0.05) is 48.6 Å². The number of nitrogen functional groups attached to an aromatic ring is 2. The lowest BCUT2D eigenvalue weighted by molar-refractivity contribution is 0.627. The molecule has 108 valence electrons. The maximum absolute atomic E-state index is 12.8. The first-order valence-corrected chi connectivity index (χ1v) is 6.83. The fourth-order valence-corrected chi connectivity index (χ4v) is 2.08. The van der Waals surface area contributed by atoms with Gasteiger partial charge in [0.2, 0.25) is 0 Å². The molecule has 0 bridgehead atoms. The smallest absolute Gasteiger partial charge is 0.123 e. The number of nitrogens with two attached hydrogens (primary N) is 2. The zero-order chi connectivity index (χ0) is 15.2. The number of hydrogen-bond donors (Lipinski definition) is 2. The molecule has 3 heteroatoms. The summed E-state index contributed by atoms with van der Waals surface area (Å²) < 4.78 is 12.8. The standard InChI is InChI=1S/C18H19FN2/c1-2-4-14-9-10-15(18(21)17(14)20)6-3-5-13-7-11-16(19)12-8-13/h2-4,6-12H,5,20-21H2,1H3/b4-2-,6-3-. The van der Waals surface area contributed by atoms with Crippen molar-refractivity contribution in [3.8, 4) is 0 Å². The predicted octanol–water partition coefficient (Wildman–Crippen LogP) is 4.28. The number of hydrogen-bond acceptors (Lipinski definition) is 2. The van der Waals surface area contributed by atoms with Crippen LogP contribution < -0.4 is 11.5 Å². The summed E-state index contributed by atoms with van der Waals surface area (Å²) in [6.45, 7) is 1.94. The van der Waals surface area contributed by atoms with Crippen LogP contribution in [0.3, 0.4) is 0 Å². The molecule has 2 nitrogen and oxygen atoms in total. The van der Waals surface area contributed by atoms with Gasteiger partial charge in [0.25, 0.3) is 0 Å². The van der Waals surface area contributed by atoms with Crippen LogP contribution in [0.15, 0.2) is 48.6 Å². The summed E-state index contributed by atoms with van der Waals surface area (Å²) in [5.74, 6) is -0.223. The molecule has 2 aromatic rings. The van der Waals surface area contributed by atoms with Crippen molar-refractivity contribution < 1.29 is 4.39 Å². The Bertz CT molecular complexity index is 670. The Morgan fingerprint density at radius 3 is 2.05 bits per heavy atom. The Balaban J connectivity index is 2.14. The van der Waals surface area contributed by atoms with Crippen LogP contribution >= 0.6 is 0 Å². The Morgan fingerprint density at radius 1 is 0.905 bits per heavy atom. The van der Waals surface area contributed by atoms with E-state index in [2.05, 4.69) is 0 Å². The van der Waals surface area contributed by atoms with E-state index in [9.17, 15) is 4.39 Å². The van der Waals surface area contributed by atoms with Crippen LogP contribution in [0.5, 0.6) is 0 Å². The van der Waals surface area contributed by atoms with E-state index in [0.29, 0.717) is 11.4 Å². The van der Waals surface area contributed by atoms with Crippen LogP contribution in [-0.4, -0.2) is 0 Å². The van der Waals surface area contributed by atoms with E-state index in [1.165, 1.54) is 12.1 Å². The number of benzene rings is 2. The van der Waals surface area contributed by atoms with Gasteiger partial charge in [-0.3, -0.25) is 0 Å². The molecule has 0 atom stereocenters. The first kappa shape index (κ1) is 14.9. The molecule has 0 amide bonds. The highest BCUT2D eigenvalue weighted by Gasteiger charge is 2.03. The number of anilines is 2. The maximum atomic E-state index is 12.8. The van der Waals surface area contributed by atoms with Gasteiger partial charge in [-0.25, -0.2) is 4.39 Å². The monoisotopic (exact) mass is 282 g/mol. The maximum Gasteiger partial charge on any atom is 0.123 e. The molecule has 0 radical (unpaired) electrons. The lowest BCUT2D eigenvalue weighted by Crippen LogP contribution is -1.99. The van der Waals surface area contributed by atoms with E-state index in [1.807, 2.05) is 43.4 Å². The first-order chi connectivity index (χ1) is 10.1. The second-order valence-corrected chi connectivity index (χ2v) is 4.80. The van der Waals surface area contributed by atoms with Crippen LogP contribution in [-0.2, 0) is 6.42 Å². The molecule has 2 rings (SSSR count). The minimum atomic E-state index is -0.223. The van der Waals surface area contributed by atoms with Gasteiger partial charge in [-0.15, -0.1) is 0 Å². The molecule has 0 unspecified atom stereocenters. The fraction of sp³-hybridized carbons (Fsp3) is 0.111. The Morgan fingerprint density at radius 2 is 1.48 bits per heavy atom. The fourth-order valence-electron chi connectivity index (χ4n) is 2.08. The molecule has 4 N–H and O–H groups in total. The molecule has 0 heterocycles. The quantitative estimate of drug-likeness (QED) is 0.822. The van der Waals surface area contributed by atoms with Crippen molar-refractivity contribution in [3.63, 3.8) is 0 Å². The molecular formula is C18H19FN2. The third-order valence-electron chi connectivity index (χ3n) is 3.27. The van der Waals surface area contributed by atoms with Gasteiger partial charge in [0.05, 0.1) is 11.4 Å². The van der Waals surface area contributed by atoms with Gasteiger partial charge in [0.1, 0.15) is 5.82 Å². The van der Waals surface area contributed by atoms with Gasteiger partial charge in [-0.2, -0.15) is 0 Å². The van der Waals surface area contributed by atoms with Crippen molar-refractivity contribution in [3.05, 3.63) is 71.1 Å². The summed E-state index contributed by atoms with van der Waals surface area (Å²) in [5.41, 5.74) is 16.1. The highest BCUT2D eigenvalue weighted by Crippen LogP contribution is 2.26. The summed E-state index contributed by atoms with van der Waals surface area (Å²) in [7, 11) is 0. The number of rotatable bonds is 4. The van der Waals surface area contributed by atoms with Gasteiger partial charge in [-0.05, 0) is 42.2 Å². The van der Waals surface area contributed by atoms with E-state index in [4.69, 9.17) is 11.5 Å². The Hall–Kier alpha value is -2.55. The molecule has 0 spiro atoms. The van der Waals surface area contributed by atoms with E-state index in [1.54, 1.807) is 12.1 Å². The molecule has 0 fully saturated rings. The zero-order valence-electron chi connectivity index (χ0n) is 12.0. The molecule has 0 saturated carbocycles. The zero-order valence-corrected chi connectivity index (χ0v) is 12.0. The van der Waals surface area contributed by atoms with E-state index < -0.39 is 0 Å². The van der Waals surface area contributed by atoms with Crippen molar-refractivity contribution >= 4 is 23.5 Å². The highest BCUT2D eigenvalue weighted by molar-refractivity contribution is 5.83. The average molecular weight is 282 g/mol. The summed E-state index contributed by atoms with van der Waals surface area (Å²) in [4.78, 5) is 0. The van der Waals surface area contributed by atoms with Crippen molar-refractivity contribution in [2.45, 2.75) is 13.3 Å². The Kier molecular flexibility index (Phi) is 4.77. The van der Waals surface area contributed by atoms with E-state index in [-0.39, 0.29) is 5.82 Å². The molecule has 0 saturated heterocycles. The lowest BCUT2D eigenvalue weighted by atomic mass is 10.0. The minimum absolute atomic E-state index is 0.223. The number of halogens is 1. The molecule has 0 aliphatic rings. The van der Waals surface area contributed by atoms with E-state index >= 15 is 0 Å². The minimum Gasteiger partial charge on any atom is -0.397 e. The normalized spacial score (nSPS) is 11.5. The molecule has 2 aromatic carbocycles. The summed E-state index contributed by atoms with van der Waals surface area (Å²) in [5, 5.41) is 0. The van der Waals surface area contributed by atoms with E-state index in [0.717, 1.165) is 23.1 Å². The second kappa shape index (κ2) is 6.75. The van der Waals surface area contributed by atoms with Crippen LogP contribution in [0, 0.1) is 5.82 Å². The topological polar surface area (TPSA) is 52.0 Å². The first-order valence-electron chi connectivity index (χ1n) is 6.83. The largest absolute Gasteiger partial charge is 0.397 e. The van der Waals surface area contributed by atoms with Crippen molar-refractivity contribution in [2.75, 3.05) is 11.5 Å². The van der Waals surface area contributed by atoms with Crippen molar-refractivity contribution in [1.29, 1.82) is 0 Å². The van der Waals surface area contributed by atoms with Gasteiger partial charge in [0, 0.05) is 0 Å². The lowest BCUT2D eigenvalue weighted by Gasteiger charge is -2.08. The third-order valence-corrected chi connectivity index (χ3v) is 3.27. The molecule has 0 aliphatic carbocycles. The predicted molar refractivity (Wildman–Crippen MR) is 89.1 cm³/mol. The third kappa shape index (κ3) is 3.72. The van der Waals surface area contributed by atoms with Crippen LogP contribution in [0.4, 0.5) is 15.8 Å².